The van der Waals surface area contributed by atoms with Crippen LogP contribution in [0.2, 0.25) is 0 Å². The van der Waals surface area contributed by atoms with E-state index in [9.17, 15) is 0 Å². The predicted molar refractivity (Wildman–Crippen MR) is 92.1 cm³/mol. The number of hydrogen-bond acceptors (Lipinski definition) is 3. The zero-order valence-corrected chi connectivity index (χ0v) is 14.1. The van der Waals surface area contributed by atoms with Gasteiger partial charge in [0.2, 0.25) is 0 Å². The Morgan fingerprint density at radius 3 is 1.67 bits per heavy atom. The molecule has 0 spiro atoms. The summed E-state index contributed by atoms with van der Waals surface area (Å²) >= 11 is 7.06. The van der Waals surface area contributed by atoms with Crippen molar-refractivity contribution in [2.45, 2.75) is 0 Å². The third kappa shape index (κ3) is 3.31. The minimum Gasteiger partial charge on any atom is -0.279 e. The molecule has 3 aromatic rings. The summed E-state index contributed by atoms with van der Waals surface area (Å²) in [6, 6.07) is 17.7. The maximum absolute atomic E-state index is 4.45. The number of nitrogens with zero attached hydrogens (tertiary/aromatic N) is 3. The molecule has 0 amide bonds. The van der Waals surface area contributed by atoms with Gasteiger partial charge in [-0.05, 0) is 42.5 Å². The van der Waals surface area contributed by atoms with Gasteiger partial charge in [-0.1, -0.05) is 44.0 Å². The molecule has 21 heavy (non-hydrogen) atoms. The van der Waals surface area contributed by atoms with Crippen molar-refractivity contribution in [2.75, 3.05) is 4.90 Å². The van der Waals surface area contributed by atoms with Crippen LogP contribution >= 0.6 is 31.9 Å². The van der Waals surface area contributed by atoms with E-state index < -0.39 is 0 Å². The van der Waals surface area contributed by atoms with E-state index in [0.717, 1.165) is 26.3 Å². The zero-order valence-electron chi connectivity index (χ0n) is 10.9. The quantitative estimate of drug-likeness (QED) is 0.579. The van der Waals surface area contributed by atoms with Crippen molar-refractivity contribution >= 4 is 49.2 Å². The largest absolute Gasteiger partial charge is 0.279 e. The van der Waals surface area contributed by atoms with Gasteiger partial charge in [-0.15, -0.1) is 0 Å². The molecule has 0 aliphatic heterocycles. The molecule has 2 heterocycles. The Morgan fingerprint density at radius 2 is 1.24 bits per heavy atom. The number of pyridine rings is 2. The maximum atomic E-state index is 4.45. The van der Waals surface area contributed by atoms with E-state index >= 15 is 0 Å². The SMILES string of the molecule is Brc1cc(Br)cc(N(c2ccccn2)c2ccccn2)c1. The molecule has 104 valence electrons. The fourth-order valence-corrected chi connectivity index (χ4v) is 3.29. The van der Waals surface area contributed by atoms with Crippen LogP contribution in [0.4, 0.5) is 17.3 Å². The highest BCUT2D eigenvalue weighted by molar-refractivity contribution is 9.11. The van der Waals surface area contributed by atoms with Crippen LogP contribution in [0.3, 0.4) is 0 Å². The summed E-state index contributed by atoms with van der Waals surface area (Å²) in [6.07, 6.45) is 3.55. The van der Waals surface area contributed by atoms with Gasteiger partial charge in [0.1, 0.15) is 11.6 Å². The summed E-state index contributed by atoms with van der Waals surface area (Å²) in [4.78, 5) is 10.9. The smallest absolute Gasteiger partial charge is 0.138 e. The van der Waals surface area contributed by atoms with Crippen LogP contribution in [0.25, 0.3) is 0 Å². The van der Waals surface area contributed by atoms with E-state index in [2.05, 4.69) is 41.8 Å². The van der Waals surface area contributed by atoms with Gasteiger partial charge >= 0.3 is 0 Å². The number of anilines is 3. The van der Waals surface area contributed by atoms with Crippen LogP contribution in [0.1, 0.15) is 0 Å². The first kappa shape index (κ1) is 14.2. The highest BCUT2D eigenvalue weighted by Crippen LogP contribution is 2.34. The topological polar surface area (TPSA) is 29.0 Å². The van der Waals surface area contributed by atoms with Gasteiger partial charge in [0.25, 0.3) is 0 Å². The van der Waals surface area contributed by atoms with E-state index in [0.29, 0.717) is 0 Å². The Hall–Kier alpha value is -1.72. The lowest BCUT2D eigenvalue weighted by Crippen LogP contribution is -2.12. The lowest BCUT2D eigenvalue weighted by Gasteiger charge is -2.23. The number of rotatable bonds is 3. The first-order valence-corrected chi connectivity index (χ1v) is 7.91. The monoisotopic (exact) mass is 403 g/mol. The van der Waals surface area contributed by atoms with Crippen molar-refractivity contribution in [3.63, 3.8) is 0 Å². The second kappa shape index (κ2) is 6.37. The van der Waals surface area contributed by atoms with Crippen LogP contribution in [-0.4, -0.2) is 9.97 Å². The molecule has 0 N–H and O–H groups in total. The summed E-state index contributed by atoms with van der Waals surface area (Å²) in [5.41, 5.74) is 0.980. The lowest BCUT2D eigenvalue weighted by atomic mass is 10.2. The molecule has 0 atom stereocenters. The molecule has 0 aliphatic carbocycles. The summed E-state index contributed by atoms with van der Waals surface area (Å²) in [5, 5.41) is 0. The van der Waals surface area contributed by atoms with Gasteiger partial charge in [-0.3, -0.25) is 4.90 Å². The Bertz CT molecular complexity index is 673. The molecule has 3 rings (SSSR count). The third-order valence-electron chi connectivity index (χ3n) is 2.86. The molecule has 0 unspecified atom stereocenters. The van der Waals surface area contributed by atoms with Crippen LogP contribution in [-0.2, 0) is 0 Å². The number of hydrogen-bond donors (Lipinski definition) is 0. The predicted octanol–water partition coefficient (Wildman–Crippen LogP) is 5.47. The molecule has 0 saturated carbocycles. The molecule has 0 bridgehead atoms. The van der Waals surface area contributed by atoms with Crippen molar-refractivity contribution in [3.05, 3.63) is 75.9 Å². The molecule has 2 aromatic heterocycles. The average molecular weight is 405 g/mol. The molecular weight excluding hydrogens is 394 g/mol. The highest BCUT2D eigenvalue weighted by Gasteiger charge is 2.15. The molecule has 1 aromatic carbocycles. The van der Waals surface area contributed by atoms with Gasteiger partial charge in [-0.25, -0.2) is 9.97 Å². The van der Waals surface area contributed by atoms with Crippen LogP contribution < -0.4 is 4.90 Å². The van der Waals surface area contributed by atoms with E-state index in [1.165, 1.54) is 0 Å². The summed E-state index contributed by atoms with van der Waals surface area (Å²) < 4.78 is 1.98. The van der Waals surface area contributed by atoms with Gasteiger partial charge in [0, 0.05) is 21.3 Å². The van der Waals surface area contributed by atoms with E-state index in [1.54, 1.807) is 12.4 Å². The van der Waals surface area contributed by atoms with Gasteiger partial charge in [0.05, 0.1) is 5.69 Å². The Kier molecular flexibility index (Phi) is 4.31. The minimum atomic E-state index is 0.821. The second-order valence-electron chi connectivity index (χ2n) is 4.34. The van der Waals surface area contributed by atoms with Crippen molar-refractivity contribution in [2.24, 2.45) is 0 Å². The standard InChI is InChI=1S/C16H11Br2N3/c17-12-9-13(18)11-14(10-12)21(15-5-1-3-7-19-15)16-6-2-4-8-20-16/h1-11H. The Labute approximate surface area is 139 Å². The summed E-state index contributed by atoms with van der Waals surface area (Å²) in [6.45, 7) is 0. The average Bonchev–Trinajstić information content (AvgIpc) is 2.49. The van der Waals surface area contributed by atoms with Gasteiger partial charge < -0.3 is 0 Å². The number of aromatic nitrogens is 2. The molecule has 0 aliphatic rings. The van der Waals surface area contributed by atoms with Crippen molar-refractivity contribution in [3.8, 4) is 0 Å². The molecule has 0 radical (unpaired) electrons. The lowest BCUT2D eigenvalue weighted by molar-refractivity contribution is 1.12. The van der Waals surface area contributed by atoms with Crippen molar-refractivity contribution in [1.82, 2.24) is 9.97 Å². The van der Waals surface area contributed by atoms with E-state index in [4.69, 9.17) is 0 Å². The molecule has 0 fully saturated rings. The van der Waals surface area contributed by atoms with Crippen LogP contribution in [0, 0.1) is 0 Å². The minimum absolute atomic E-state index is 0.821. The summed E-state index contributed by atoms with van der Waals surface area (Å²) in [7, 11) is 0. The van der Waals surface area contributed by atoms with Crippen molar-refractivity contribution < 1.29 is 0 Å². The highest BCUT2D eigenvalue weighted by atomic mass is 79.9. The van der Waals surface area contributed by atoms with Gasteiger partial charge in [0.15, 0.2) is 0 Å². The first-order chi connectivity index (χ1) is 10.2. The Morgan fingerprint density at radius 1 is 0.714 bits per heavy atom. The fraction of sp³-hybridized carbons (Fsp3) is 0. The fourth-order valence-electron chi connectivity index (χ4n) is 2.02. The Balaban J connectivity index is 2.17. The molecule has 3 nitrogen and oxygen atoms in total. The maximum Gasteiger partial charge on any atom is 0.138 e. The zero-order chi connectivity index (χ0) is 14.7. The normalized spacial score (nSPS) is 10.4. The first-order valence-electron chi connectivity index (χ1n) is 6.32. The van der Waals surface area contributed by atoms with Gasteiger partial charge in [-0.2, -0.15) is 0 Å². The third-order valence-corrected chi connectivity index (χ3v) is 3.78. The van der Waals surface area contributed by atoms with Crippen LogP contribution in [0.5, 0.6) is 0 Å². The molecule has 5 heteroatoms. The van der Waals surface area contributed by atoms with E-state index in [1.807, 2.05) is 59.5 Å². The van der Waals surface area contributed by atoms with E-state index in [-0.39, 0.29) is 0 Å². The van der Waals surface area contributed by atoms with Crippen molar-refractivity contribution in [1.29, 1.82) is 0 Å². The number of halogens is 2. The summed E-state index contributed by atoms with van der Waals surface area (Å²) in [5.74, 6) is 1.64. The second-order valence-corrected chi connectivity index (χ2v) is 6.17. The molecular formula is C16H11Br2N3. The molecule has 0 saturated heterocycles. The number of benzene rings is 1. The van der Waals surface area contributed by atoms with Crippen LogP contribution in [0.15, 0.2) is 75.9 Å².